The number of halogens is 3. The lowest BCUT2D eigenvalue weighted by Crippen LogP contribution is -2.48. The Bertz CT molecular complexity index is 481. The molecule has 118 valence electrons. The normalized spacial score (nSPS) is 17.7. The summed E-state index contributed by atoms with van der Waals surface area (Å²) in [5.41, 5.74) is 0. The van der Waals surface area contributed by atoms with Gasteiger partial charge in [0.05, 0.1) is 13.6 Å². The molecule has 1 aromatic heterocycles. The number of hydrogen-bond acceptors (Lipinski definition) is 5. The number of alkyl halides is 3. The number of nitrogens with one attached hydrogen (secondary N) is 2. The lowest BCUT2D eigenvalue weighted by Gasteiger charge is -2.32. The van der Waals surface area contributed by atoms with Crippen molar-refractivity contribution in [2.45, 2.75) is 25.1 Å². The van der Waals surface area contributed by atoms with E-state index in [0.29, 0.717) is 25.9 Å². The van der Waals surface area contributed by atoms with E-state index in [0.717, 1.165) is 0 Å². The molecule has 1 aliphatic heterocycles. The fourth-order valence-corrected chi connectivity index (χ4v) is 2.15. The monoisotopic (exact) mass is 307 g/mol. The van der Waals surface area contributed by atoms with Crippen molar-refractivity contribution in [2.75, 3.05) is 25.0 Å². The summed E-state index contributed by atoms with van der Waals surface area (Å²) < 4.78 is 36.7. The summed E-state index contributed by atoms with van der Waals surface area (Å²) in [4.78, 5) is 14.2. The van der Waals surface area contributed by atoms with Crippen molar-refractivity contribution in [1.82, 2.24) is 30.4 Å². The number of aryl methyl sites for hydroxylation is 1. The standard InChI is InChI=1S/C10H16F3N7O/c1-19-17-8(16-18-19)15-9(21)14-7-2-4-20(5-3-7)6-10(11,12)13/h7H,2-6H2,1H3,(H2,14,15,17,21). The number of nitrogens with zero attached hydrogens (tertiary/aromatic N) is 5. The van der Waals surface area contributed by atoms with Gasteiger partial charge in [-0.1, -0.05) is 5.10 Å². The lowest BCUT2D eigenvalue weighted by atomic mass is 10.1. The fourth-order valence-electron chi connectivity index (χ4n) is 2.15. The molecular formula is C10H16F3N7O. The van der Waals surface area contributed by atoms with Crippen LogP contribution in [-0.2, 0) is 7.05 Å². The average Bonchev–Trinajstić information content (AvgIpc) is 2.75. The highest BCUT2D eigenvalue weighted by Crippen LogP contribution is 2.19. The van der Waals surface area contributed by atoms with Crippen LogP contribution in [0.1, 0.15) is 12.8 Å². The van der Waals surface area contributed by atoms with Gasteiger partial charge in [-0.3, -0.25) is 10.2 Å². The molecule has 0 saturated carbocycles. The molecule has 1 saturated heterocycles. The fraction of sp³-hybridized carbons (Fsp3) is 0.800. The van der Waals surface area contributed by atoms with E-state index in [2.05, 4.69) is 26.0 Å². The van der Waals surface area contributed by atoms with Crippen LogP contribution in [0.3, 0.4) is 0 Å². The first-order chi connectivity index (χ1) is 9.82. The van der Waals surface area contributed by atoms with Crippen LogP contribution in [0.4, 0.5) is 23.9 Å². The molecule has 0 unspecified atom stereocenters. The van der Waals surface area contributed by atoms with Crippen molar-refractivity contribution < 1.29 is 18.0 Å². The molecule has 2 rings (SSSR count). The second-order valence-electron chi connectivity index (χ2n) is 4.87. The molecule has 0 atom stereocenters. The number of amides is 2. The Kier molecular flexibility index (Phi) is 4.60. The number of piperidine rings is 1. The molecule has 0 spiro atoms. The van der Waals surface area contributed by atoms with Gasteiger partial charge in [0.2, 0.25) is 0 Å². The Morgan fingerprint density at radius 3 is 2.57 bits per heavy atom. The zero-order chi connectivity index (χ0) is 15.5. The molecule has 1 aromatic rings. The number of carbonyl (C=O) groups excluding carboxylic acids is 1. The third-order valence-electron chi connectivity index (χ3n) is 3.06. The molecule has 1 aliphatic rings. The highest BCUT2D eigenvalue weighted by Gasteiger charge is 2.32. The first-order valence-corrected chi connectivity index (χ1v) is 6.42. The summed E-state index contributed by atoms with van der Waals surface area (Å²) in [6.45, 7) is -0.308. The van der Waals surface area contributed by atoms with Gasteiger partial charge in [-0.05, 0) is 18.1 Å². The number of likely N-dealkylation sites (tertiary alicyclic amines) is 1. The molecule has 2 heterocycles. The first kappa shape index (κ1) is 15.5. The quantitative estimate of drug-likeness (QED) is 0.842. The van der Waals surface area contributed by atoms with Crippen LogP contribution in [0.2, 0.25) is 0 Å². The smallest absolute Gasteiger partial charge is 0.335 e. The highest BCUT2D eigenvalue weighted by atomic mass is 19.4. The topological polar surface area (TPSA) is 88.0 Å². The maximum absolute atomic E-state index is 12.2. The second-order valence-corrected chi connectivity index (χ2v) is 4.87. The summed E-state index contributed by atoms with van der Waals surface area (Å²) >= 11 is 0. The summed E-state index contributed by atoms with van der Waals surface area (Å²) in [6, 6.07) is -0.650. The number of aromatic nitrogens is 4. The van der Waals surface area contributed by atoms with Gasteiger partial charge >= 0.3 is 12.2 Å². The SMILES string of the molecule is Cn1nnc(NC(=O)NC2CCN(CC(F)(F)F)CC2)n1. The Morgan fingerprint density at radius 2 is 2.05 bits per heavy atom. The van der Waals surface area contributed by atoms with E-state index in [-0.39, 0.29) is 12.0 Å². The molecule has 0 radical (unpaired) electrons. The Balaban J connectivity index is 1.72. The summed E-state index contributed by atoms with van der Waals surface area (Å²) in [5, 5.41) is 16.0. The minimum atomic E-state index is -4.19. The molecule has 0 aliphatic carbocycles. The maximum atomic E-state index is 12.2. The summed E-state index contributed by atoms with van der Waals surface area (Å²) in [7, 11) is 1.56. The van der Waals surface area contributed by atoms with Gasteiger partial charge < -0.3 is 5.32 Å². The van der Waals surface area contributed by atoms with Gasteiger partial charge in [0.1, 0.15) is 0 Å². The van der Waals surface area contributed by atoms with Gasteiger partial charge in [-0.15, -0.1) is 5.10 Å². The number of tetrazole rings is 1. The van der Waals surface area contributed by atoms with E-state index < -0.39 is 18.8 Å². The molecule has 0 aromatic carbocycles. The van der Waals surface area contributed by atoms with Crippen LogP contribution in [-0.4, -0.2) is 63.0 Å². The van der Waals surface area contributed by atoms with Crippen LogP contribution in [0.25, 0.3) is 0 Å². The molecule has 1 fully saturated rings. The first-order valence-electron chi connectivity index (χ1n) is 6.42. The van der Waals surface area contributed by atoms with Crippen molar-refractivity contribution in [1.29, 1.82) is 0 Å². The van der Waals surface area contributed by atoms with E-state index in [4.69, 9.17) is 0 Å². The van der Waals surface area contributed by atoms with Crippen molar-refractivity contribution in [3.63, 3.8) is 0 Å². The Labute approximate surface area is 118 Å². The molecular weight excluding hydrogens is 291 g/mol. The number of anilines is 1. The van der Waals surface area contributed by atoms with Gasteiger partial charge in [0.15, 0.2) is 0 Å². The predicted octanol–water partition coefficient (Wildman–Crippen LogP) is 0.358. The average molecular weight is 307 g/mol. The maximum Gasteiger partial charge on any atom is 0.401 e. The van der Waals surface area contributed by atoms with E-state index >= 15 is 0 Å². The lowest BCUT2D eigenvalue weighted by molar-refractivity contribution is -0.148. The third-order valence-corrected chi connectivity index (χ3v) is 3.06. The van der Waals surface area contributed by atoms with Crippen LogP contribution < -0.4 is 10.6 Å². The van der Waals surface area contributed by atoms with E-state index in [9.17, 15) is 18.0 Å². The minimum Gasteiger partial charge on any atom is -0.335 e. The zero-order valence-electron chi connectivity index (χ0n) is 11.4. The minimum absolute atomic E-state index is 0.0736. The van der Waals surface area contributed by atoms with E-state index in [1.165, 1.54) is 9.70 Å². The number of hydrogen-bond donors (Lipinski definition) is 2. The third kappa shape index (κ3) is 5.17. The molecule has 11 heteroatoms. The van der Waals surface area contributed by atoms with Gasteiger partial charge in [0.25, 0.3) is 5.95 Å². The zero-order valence-corrected chi connectivity index (χ0v) is 11.4. The van der Waals surface area contributed by atoms with Crippen molar-refractivity contribution in [2.24, 2.45) is 7.05 Å². The van der Waals surface area contributed by atoms with Gasteiger partial charge in [-0.2, -0.15) is 18.0 Å². The molecule has 21 heavy (non-hydrogen) atoms. The van der Waals surface area contributed by atoms with E-state index in [1.807, 2.05) is 0 Å². The van der Waals surface area contributed by atoms with Gasteiger partial charge in [0, 0.05) is 19.1 Å². The second kappa shape index (κ2) is 6.24. The van der Waals surface area contributed by atoms with Crippen molar-refractivity contribution >= 4 is 12.0 Å². The summed E-state index contributed by atoms with van der Waals surface area (Å²) in [6.07, 6.45) is -3.25. The summed E-state index contributed by atoms with van der Waals surface area (Å²) in [5.74, 6) is 0.0736. The Hall–Kier alpha value is -1.91. The van der Waals surface area contributed by atoms with Crippen LogP contribution in [0.5, 0.6) is 0 Å². The highest BCUT2D eigenvalue weighted by molar-refractivity contribution is 5.87. The van der Waals surface area contributed by atoms with Crippen molar-refractivity contribution in [3.05, 3.63) is 0 Å². The van der Waals surface area contributed by atoms with Crippen molar-refractivity contribution in [3.8, 4) is 0 Å². The van der Waals surface area contributed by atoms with Crippen LogP contribution >= 0.6 is 0 Å². The van der Waals surface area contributed by atoms with Crippen LogP contribution in [0, 0.1) is 0 Å². The molecule has 2 amide bonds. The number of carbonyl (C=O) groups is 1. The molecule has 2 N–H and O–H groups in total. The number of urea groups is 1. The molecule has 8 nitrogen and oxygen atoms in total. The number of rotatable bonds is 3. The van der Waals surface area contributed by atoms with Gasteiger partial charge in [-0.25, -0.2) is 4.79 Å². The van der Waals surface area contributed by atoms with Crippen LogP contribution in [0.15, 0.2) is 0 Å². The Morgan fingerprint density at radius 1 is 1.38 bits per heavy atom. The predicted molar refractivity (Wildman–Crippen MR) is 66.5 cm³/mol. The molecule has 0 bridgehead atoms. The largest absolute Gasteiger partial charge is 0.401 e. The van der Waals surface area contributed by atoms with E-state index in [1.54, 1.807) is 7.05 Å².